The molecule has 0 bridgehead atoms. The molecule has 2 unspecified atom stereocenters. The van der Waals surface area contributed by atoms with Crippen LogP contribution in [0.4, 0.5) is 45.5 Å². The van der Waals surface area contributed by atoms with E-state index in [1.54, 1.807) is 0 Å². The Balaban J connectivity index is 1.21. The Morgan fingerprint density at radius 2 is 1.00 bits per heavy atom. The van der Waals surface area contributed by atoms with Gasteiger partial charge in [0.1, 0.15) is 11.2 Å². The summed E-state index contributed by atoms with van der Waals surface area (Å²) >= 11 is 0. The van der Waals surface area contributed by atoms with E-state index in [9.17, 15) is 0 Å². The van der Waals surface area contributed by atoms with Crippen LogP contribution in [-0.2, 0) is 32.5 Å². The Morgan fingerprint density at radius 1 is 0.457 bits per heavy atom. The van der Waals surface area contributed by atoms with Gasteiger partial charge in [0, 0.05) is 55.9 Å². The first kappa shape index (κ1) is 53.3. The molecule has 0 spiro atoms. The number of furan rings is 1. The van der Waals surface area contributed by atoms with Crippen LogP contribution >= 0.6 is 0 Å². The third-order valence-corrected chi connectivity index (χ3v) is 19.8. The molecule has 81 heavy (non-hydrogen) atoms. The van der Waals surface area contributed by atoms with Crippen molar-refractivity contribution in [3.8, 4) is 11.1 Å². The molecule has 0 radical (unpaired) electrons. The average molecular weight is 1070 g/mol. The van der Waals surface area contributed by atoms with Crippen LogP contribution in [0.25, 0.3) is 33.1 Å². The highest BCUT2D eigenvalue weighted by Crippen LogP contribution is 2.63. The first-order valence-electron chi connectivity index (χ1n) is 30.2. The van der Waals surface area contributed by atoms with Gasteiger partial charge in [-0.05, 0) is 175 Å². The topological polar surface area (TPSA) is 22.9 Å². The fraction of sp³-hybridized carbons (Fsp3) is 0.368. The lowest BCUT2D eigenvalue weighted by Gasteiger charge is -2.53. The standard InChI is InChI=1S/C76H84BN3O/c1-70(2,3)48-25-31-53(32-26-48)78(54-33-27-49(28-34-54)71(4,5)6)55-45-63-66-64(46-55)80-68-59(75(16)39-21-22-40-76(75,80)17)43-52(74(13,14)15)44-60(68)77(66)67-62(37-35-56-58-42-51(73(10,11)12)30-38-65(58)81-69(56)67)79(63)61-36-29-50(72(7,8)9)41-57(61)47-23-19-18-20-24-47/h18-20,23-38,41-46H,21-22,39-40H2,1-17H3. The summed E-state index contributed by atoms with van der Waals surface area (Å²) in [6, 6.07) is 59.5. The molecular formula is C76H84BN3O. The molecule has 0 saturated heterocycles. The lowest BCUT2D eigenvalue weighted by molar-refractivity contribution is 0.195. The van der Waals surface area contributed by atoms with Gasteiger partial charge in [0.05, 0.1) is 16.9 Å². The second-order valence-electron chi connectivity index (χ2n) is 30.2. The van der Waals surface area contributed by atoms with E-state index in [1.165, 1.54) is 102 Å². The molecule has 1 fully saturated rings. The molecule has 9 aromatic rings. The highest BCUT2D eigenvalue weighted by Gasteiger charge is 2.62. The van der Waals surface area contributed by atoms with Crippen molar-refractivity contribution >= 4 is 90.5 Å². The van der Waals surface area contributed by atoms with Gasteiger partial charge in [0.15, 0.2) is 0 Å². The van der Waals surface area contributed by atoms with Gasteiger partial charge in [0.2, 0.25) is 0 Å². The van der Waals surface area contributed by atoms with Crippen molar-refractivity contribution in [2.75, 3.05) is 14.7 Å². The van der Waals surface area contributed by atoms with E-state index in [0.717, 1.165) is 52.4 Å². The molecule has 1 saturated carbocycles. The van der Waals surface area contributed by atoms with Crippen LogP contribution in [0.3, 0.4) is 0 Å². The molecule has 2 atom stereocenters. The van der Waals surface area contributed by atoms with Crippen molar-refractivity contribution < 1.29 is 4.42 Å². The van der Waals surface area contributed by atoms with Gasteiger partial charge in [0.25, 0.3) is 6.71 Å². The minimum Gasteiger partial charge on any atom is -0.457 e. The van der Waals surface area contributed by atoms with E-state index in [2.05, 4.69) is 284 Å². The Labute approximate surface area is 484 Å². The van der Waals surface area contributed by atoms with Crippen LogP contribution in [0.5, 0.6) is 0 Å². The molecule has 0 amide bonds. The van der Waals surface area contributed by atoms with E-state index in [1.807, 2.05) is 0 Å². The van der Waals surface area contributed by atoms with Gasteiger partial charge in [-0.3, -0.25) is 0 Å². The molecule has 4 nitrogen and oxygen atoms in total. The van der Waals surface area contributed by atoms with E-state index in [-0.39, 0.29) is 44.7 Å². The number of nitrogens with zero attached hydrogens (tertiary/aromatic N) is 3. The monoisotopic (exact) mass is 1070 g/mol. The second kappa shape index (κ2) is 17.8. The molecular weight excluding hydrogens is 982 g/mol. The van der Waals surface area contributed by atoms with Gasteiger partial charge in [-0.15, -0.1) is 0 Å². The van der Waals surface area contributed by atoms with Crippen molar-refractivity contribution in [1.29, 1.82) is 0 Å². The summed E-state index contributed by atoms with van der Waals surface area (Å²) in [4.78, 5) is 8.12. The van der Waals surface area contributed by atoms with Crippen LogP contribution < -0.4 is 31.1 Å². The van der Waals surface area contributed by atoms with Crippen LogP contribution in [-0.4, -0.2) is 12.3 Å². The molecule has 5 heteroatoms. The molecule has 1 aliphatic carbocycles. The van der Waals surface area contributed by atoms with Gasteiger partial charge in [-0.25, -0.2) is 0 Å². The van der Waals surface area contributed by atoms with Gasteiger partial charge < -0.3 is 19.1 Å². The lowest BCUT2D eigenvalue weighted by Crippen LogP contribution is -2.64. The van der Waals surface area contributed by atoms with E-state index in [4.69, 9.17) is 4.42 Å². The maximum absolute atomic E-state index is 7.51. The lowest BCUT2D eigenvalue weighted by atomic mass is 9.33. The van der Waals surface area contributed by atoms with Gasteiger partial charge in [-0.2, -0.15) is 0 Å². The molecule has 1 aromatic heterocycles. The van der Waals surface area contributed by atoms with Gasteiger partial charge in [-0.1, -0.05) is 202 Å². The van der Waals surface area contributed by atoms with Crippen molar-refractivity contribution in [1.82, 2.24) is 0 Å². The highest BCUT2D eigenvalue weighted by molar-refractivity contribution is 7.01. The first-order valence-corrected chi connectivity index (χ1v) is 30.2. The van der Waals surface area contributed by atoms with Crippen molar-refractivity contribution in [3.05, 3.63) is 185 Å². The Morgan fingerprint density at radius 3 is 1.60 bits per heavy atom. The second-order valence-corrected chi connectivity index (χ2v) is 30.2. The Kier molecular flexibility index (Phi) is 11.7. The maximum atomic E-state index is 7.51. The molecule has 4 aliphatic rings. The minimum atomic E-state index is -0.201. The summed E-state index contributed by atoms with van der Waals surface area (Å²) in [6.45, 7) is 40.2. The summed E-state index contributed by atoms with van der Waals surface area (Å²) in [6.07, 6.45) is 4.67. The number of rotatable bonds is 5. The number of hydrogen-bond donors (Lipinski definition) is 0. The highest BCUT2D eigenvalue weighted by atomic mass is 16.3. The minimum absolute atomic E-state index is 0.00551. The summed E-state index contributed by atoms with van der Waals surface area (Å²) in [5.74, 6) is 0. The molecule has 0 N–H and O–H groups in total. The molecule has 412 valence electrons. The van der Waals surface area contributed by atoms with Crippen LogP contribution in [0.15, 0.2) is 156 Å². The predicted molar refractivity (Wildman–Crippen MR) is 349 cm³/mol. The number of benzene rings is 8. The number of fused-ring (bicyclic) bond motifs is 11. The third kappa shape index (κ3) is 8.19. The smallest absolute Gasteiger partial charge is 0.257 e. The van der Waals surface area contributed by atoms with E-state index < -0.39 is 0 Å². The maximum Gasteiger partial charge on any atom is 0.257 e. The summed E-state index contributed by atoms with van der Waals surface area (Å²) < 4.78 is 7.51. The molecule has 3 aliphatic heterocycles. The average Bonchev–Trinajstić information content (AvgIpc) is 2.66. The van der Waals surface area contributed by atoms with Crippen LogP contribution in [0.2, 0.25) is 0 Å². The summed E-state index contributed by atoms with van der Waals surface area (Å²) in [7, 11) is 0. The van der Waals surface area contributed by atoms with E-state index >= 15 is 0 Å². The van der Waals surface area contributed by atoms with Crippen molar-refractivity contribution in [3.63, 3.8) is 0 Å². The van der Waals surface area contributed by atoms with Crippen LogP contribution in [0, 0.1) is 0 Å². The van der Waals surface area contributed by atoms with Crippen LogP contribution in [0.1, 0.15) is 177 Å². The zero-order valence-corrected chi connectivity index (χ0v) is 51.6. The fourth-order valence-electron chi connectivity index (χ4n) is 14.6. The normalized spacial score (nSPS) is 18.8. The Bertz CT molecular complexity index is 3940. The third-order valence-electron chi connectivity index (χ3n) is 19.8. The number of anilines is 8. The van der Waals surface area contributed by atoms with Crippen molar-refractivity contribution in [2.45, 2.75) is 181 Å². The fourth-order valence-corrected chi connectivity index (χ4v) is 14.6. The summed E-state index contributed by atoms with van der Waals surface area (Å²) in [5, 5.41) is 2.35. The van der Waals surface area contributed by atoms with Crippen molar-refractivity contribution in [2.24, 2.45) is 0 Å². The predicted octanol–water partition coefficient (Wildman–Crippen LogP) is 19.6. The zero-order valence-electron chi connectivity index (χ0n) is 51.6. The Hall–Kier alpha value is -6.98. The van der Waals surface area contributed by atoms with Gasteiger partial charge >= 0.3 is 0 Å². The van der Waals surface area contributed by atoms with E-state index in [0.29, 0.717) is 0 Å². The zero-order chi connectivity index (χ0) is 57.3. The SMILES string of the molecule is CC(C)(C)c1ccc(N(c2ccc(C(C)(C)C)cc2)c2cc3c4c(c2)N2c5c(cc(C(C)(C)C)cc5C5(C)CCCCC25C)B4c2c(ccc4c2oc2ccc(C(C)(C)C)cc24)N3c2ccc(C(C)(C)C)cc2-c2ccccc2)cc1. The number of hydrogen-bond acceptors (Lipinski definition) is 4. The summed E-state index contributed by atoms with van der Waals surface area (Å²) in [5.41, 5.74) is 25.6. The largest absolute Gasteiger partial charge is 0.457 e. The molecule has 4 heterocycles. The first-order chi connectivity index (χ1) is 38.1. The quantitative estimate of drug-likeness (QED) is 0.160. The molecule has 8 aromatic carbocycles. The molecule has 13 rings (SSSR count).